The maximum atomic E-state index is 11.6. The third kappa shape index (κ3) is 5.99. The highest BCUT2D eigenvalue weighted by Gasteiger charge is 2.11. The average Bonchev–Trinajstić information content (AvgIpc) is 2.38. The smallest absolute Gasteiger partial charge is 0.328 e. The predicted octanol–water partition coefficient (Wildman–Crippen LogP) is 2.30. The molecule has 0 aliphatic heterocycles. The van der Waals surface area contributed by atoms with Crippen molar-refractivity contribution in [2.45, 2.75) is 20.3 Å². The molecule has 0 fully saturated rings. The molecule has 5 nitrogen and oxygen atoms in total. The summed E-state index contributed by atoms with van der Waals surface area (Å²) < 4.78 is 28.8. The number of benzene rings is 1. The molecule has 1 rings (SSSR count). The fraction of sp³-hybridized carbons (Fsp3) is 0.400. The first-order valence-electron chi connectivity index (χ1n) is 6.69. The van der Waals surface area contributed by atoms with Crippen LogP contribution in [-0.2, 0) is 14.6 Å². The van der Waals surface area contributed by atoms with E-state index in [9.17, 15) is 13.2 Å². The SMILES string of the molecule is CCCS(=O)(=O)CCOc1c(C)cccc1/C=C/C(=O)O. The van der Waals surface area contributed by atoms with Gasteiger partial charge in [-0.25, -0.2) is 13.2 Å². The molecule has 1 N–H and O–H groups in total. The van der Waals surface area contributed by atoms with Crippen LogP contribution in [0.5, 0.6) is 5.75 Å². The van der Waals surface area contributed by atoms with Gasteiger partial charge in [0.25, 0.3) is 0 Å². The van der Waals surface area contributed by atoms with Crippen LogP contribution in [0.15, 0.2) is 24.3 Å². The number of para-hydroxylation sites is 1. The summed E-state index contributed by atoms with van der Waals surface area (Å²) in [5.41, 5.74) is 1.45. The summed E-state index contributed by atoms with van der Waals surface area (Å²) in [4.78, 5) is 10.6. The van der Waals surface area contributed by atoms with Crippen molar-refractivity contribution < 1.29 is 23.1 Å². The van der Waals surface area contributed by atoms with Crippen molar-refractivity contribution in [1.82, 2.24) is 0 Å². The monoisotopic (exact) mass is 312 g/mol. The Bertz CT molecular complexity index is 617. The van der Waals surface area contributed by atoms with Crippen molar-refractivity contribution in [3.63, 3.8) is 0 Å². The van der Waals surface area contributed by atoms with Crippen molar-refractivity contribution in [3.8, 4) is 5.75 Å². The minimum Gasteiger partial charge on any atom is -0.492 e. The first-order valence-corrected chi connectivity index (χ1v) is 8.51. The van der Waals surface area contributed by atoms with E-state index >= 15 is 0 Å². The number of carboxylic acid groups (broad SMARTS) is 1. The Labute approximate surface area is 125 Å². The van der Waals surface area contributed by atoms with Gasteiger partial charge in [0.15, 0.2) is 9.84 Å². The highest BCUT2D eigenvalue weighted by Crippen LogP contribution is 2.24. The molecule has 0 aliphatic carbocycles. The van der Waals surface area contributed by atoms with Crippen LogP contribution in [0, 0.1) is 6.92 Å². The number of hydrogen-bond donors (Lipinski definition) is 1. The van der Waals surface area contributed by atoms with Crippen molar-refractivity contribution in [2.75, 3.05) is 18.1 Å². The number of rotatable bonds is 8. The maximum absolute atomic E-state index is 11.6. The van der Waals surface area contributed by atoms with Crippen LogP contribution in [0.25, 0.3) is 6.08 Å². The second-order valence-corrected chi connectivity index (χ2v) is 6.97. The van der Waals surface area contributed by atoms with Crippen molar-refractivity contribution in [2.24, 2.45) is 0 Å². The van der Waals surface area contributed by atoms with Crippen LogP contribution in [0.1, 0.15) is 24.5 Å². The van der Waals surface area contributed by atoms with E-state index < -0.39 is 15.8 Å². The molecule has 0 saturated carbocycles. The molecule has 0 aliphatic rings. The minimum absolute atomic E-state index is 0.0444. The van der Waals surface area contributed by atoms with Crippen molar-refractivity contribution >= 4 is 21.9 Å². The molecule has 0 bridgehead atoms. The molecule has 116 valence electrons. The second kappa shape index (κ2) is 7.83. The molecule has 1 aromatic carbocycles. The molecule has 0 atom stereocenters. The fourth-order valence-electron chi connectivity index (χ4n) is 1.85. The first-order chi connectivity index (χ1) is 9.85. The van der Waals surface area contributed by atoms with Gasteiger partial charge in [-0.2, -0.15) is 0 Å². The maximum Gasteiger partial charge on any atom is 0.328 e. The summed E-state index contributed by atoms with van der Waals surface area (Å²) in [6.07, 6.45) is 3.04. The molecular weight excluding hydrogens is 292 g/mol. The lowest BCUT2D eigenvalue weighted by atomic mass is 10.1. The topological polar surface area (TPSA) is 80.7 Å². The number of aliphatic carboxylic acids is 1. The highest BCUT2D eigenvalue weighted by molar-refractivity contribution is 7.91. The van der Waals surface area contributed by atoms with E-state index in [4.69, 9.17) is 9.84 Å². The normalized spacial score (nSPS) is 11.7. The third-order valence-corrected chi connectivity index (χ3v) is 4.62. The number of hydrogen-bond acceptors (Lipinski definition) is 4. The zero-order chi connectivity index (χ0) is 15.9. The predicted molar refractivity (Wildman–Crippen MR) is 82.3 cm³/mol. The van der Waals surface area contributed by atoms with Gasteiger partial charge in [-0.15, -0.1) is 0 Å². The van der Waals surface area contributed by atoms with E-state index in [1.54, 1.807) is 12.1 Å². The molecular formula is C15H20O5S. The van der Waals surface area contributed by atoms with Gasteiger partial charge in [0, 0.05) is 11.6 Å². The minimum atomic E-state index is -3.09. The Kier molecular flexibility index (Phi) is 6.42. The Morgan fingerprint density at radius 2 is 2.05 bits per heavy atom. The first kappa shape index (κ1) is 17.2. The van der Waals surface area contributed by atoms with Crippen LogP contribution >= 0.6 is 0 Å². The fourth-order valence-corrected chi connectivity index (χ4v) is 3.01. The number of carbonyl (C=O) groups is 1. The summed E-state index contributed by atoms with van der Waals surface area (Å²) in [7, 11) is -3.09. The van der Waals surface area contributed by atoms with Gasteiger partial charge in [0.2, 0.25) is 0 Å². The lowest BCUT2D eigenvalue weighted by Gasteiger charge is -2.12. The van der Waals surface area contributed by atoms with Gasteiger partial charge < -0.3 is 9.84 Å². The van der Waals surface area contributed by atoms with Crippen molar-refractivity contribution in [1.29, 1.82) is 0 Å². The van der Waals surface area contributed by atoms with E-state index in [1.165, 1.54) is 6.08 Å². The Morgan fingerprint density at radius 1 is 1.33 bits per heavy atom. The number of sulfone groups is 1. The van der Waals surface area contributed by atoms with E-state index in [0.717, 1.165) is 11.6 Å². The molecule has 0 spiro atoms. The summed E-state index contributed by atoms with van der Waals surface area (Å²) in [5, 5.41) is 8.67. The lowest BCUT2D eigenvalue weighted by molar-refractivity contribution is -0.131. The van der Waals surface area contributed by atoms with Crippen molar-refractivity contribution in [3.05, 3.63) is 35.4 Å². The van der Waals surface area contributed by atoms with Crippen LogP contribution in [0.2, 0.25) is 0 Å². The van der Waals surface area contributed by atoms with E-state index in [0.29, 0.717) is 17.7 Å². The van der Waals surface area contributed by atoms with Gasteiger partial charge in [-0.1, -0.05) is 25.1 Å². The summed E-state index contributed by atoms with van der Waals surface area (Å²) in [5.74, 6) is -0.428. The third-order valence-electron chi connectivity index (χ3n) is 2.80. The summed E-state index contributed by atoms with van der Waals surface area (Å²) in [6, 6.07) is 5.34. The molecule has 1 aromatic rings. The Hall–Kier alpha value is -1.82. The molecule has 0 aromatic heterocycles. The van der Waals surface area contributed by atoms with Crippen LogP contribution in [0.4, 0.5) is 0 Å². The number of ether oxygens (including phenoxy) is 1. The zero-order valence-corrected chi connectivity index (χ0v) is 13.0. The molecule has 0 radical (unpaired) electrons. The standard InChI is InChI=1S/C15H20O5S/c1-3-10-21(18,19)11-9-20-15-12(2)5-4-6-13(15)7-8-14(16)17/h4-8H,3,9-11H2,1-2H3,(H,16,17)/b8-7+. The number of aryl methyl sites for hydroxylation is 1. The van der Waals surface area contributed by atoms with E-state index in [-0.39, 0.29) is 18.1 Å². The lowest BCUT2D eigenvalue weighted by Crippen LogP contribution is -2.17. The zero-order valence-electron chi connectivity index (χ0n) is 12.2. The summed E-state index contributed by atoms with van der Waals surface area (Å²) >= 11 is 0. The molecule has 21 heavy (non-hydrogen) atoms. The molecule has 0 saturated heterocycles. The highest BCUT2D eigenvalue weighted by atomic mass is 32.2. The van der Waals surface area contributed by atoms with Gasteiger partial charge in [-0.05, 0) is 25.0 Å². The molecule has 6 heteroatoms. The average molecular weight is 312 g/mol. The summed E-state index contributed by atoms with van der Waals surface area (Å²) in [6.45, 7) is 3.70. The van der Waals surface area contributed by atoms with Crippen LogP contribution < -0.4 is 4.74 Å². The van der Waals surface area contributed by atoms with Crippen LogP contribution in [-0.4, -0.2) is 37.6 Å². The second-order valence-electron chi connectivity index (χ2n) is 4.67. The van der Waals surface area contributed by atoms with E-state index in [2.05, 4.69) is 0 Å². The van der Waals surface area contributed by atoms with Gasteiger partial charge in [0.1, 0.15) is 12.4 Å². The quantitative estimate of drug-likeness (QED) is 0.745. The Morgan fingerprint density at radius 3 is 2.67 bits per heavy atom. The van der Waals surface area contributed by atoms with Gasteiger partial charge in [-0.3, -0.25) is 0 Å². The van der Waals surface area contributed by atoms with Gasteiger partial charge >= 0.3 is 5.97 Å². The van der Waals surface area contributed by atoms with Gasteiger partial charge in [0.05, 0.1) is 11.5 Å². The van der Waals surface area contributed by atoms with Crippen LogP contribution in [0.3, 0.4) is 0 Å². The number of carboxylic acids is 1. The Balaban J connectivity index is 2.81. The molecule has 0 heterocycles. The largest absolute Gasteiger partial charge is 0.492 e. The molecule has 0 amide bonds. The van der Waals surface area contributed by atoms with E-state index in [1.807, 2.05) is 19.9 Å². The molecule has 0 unspecified atom stereocenters.